The number of carbonyl (C=O) groups excluding carboxylic acids is 1. The second kappa shape index (κ2) is 12.0. The number of aromatic amines is 1. The second-order valence-corrected chi connectivity index (χ2v) is 10.5. The average Bonchev–Trinajstić information content (AvgIpc) is 3.11. The van der Waals surface area contributed by atoms with Crippen molar-refractivity contribution in [2.24, 2.45) is 0 Å². The highest BCUT2D eigenvalue weighted by molar-refractivity contribution is 7.52. The third-order valence-electron chi connectivity index (χ3n) is 5.51. The monoisotopic (exact) mass is 581 g/mol. The van der Waals surface area contributed by atoms with Crippen LogP contribution in [0.25, 0.3) is 0 Å². The van der Waals surface area contributed by atoms with Crippen LogP contribution < -0.4 is 20.9 Å². The molecule has 1 aliphatic heterocycles. The highest BCUT2D eigenvalue weighted by Gasteiger charge is 2.61. The van der Waals surface area contributed by atoms with E-state index in [-0.39, 0.29) is 10.3 Å². The van der Waals surface area contributed by atoms with E-state index < -0.39 is 80.0 Å². The lowest BCUT2D eigenvalue weighted by Gasteiger charge is -2.32. The van der Waals surface area contributed by atoms with Crippen molar-refractivity contribution in [3.8, 4) is 5.75 Å². The summed E-state index contributed by atoms with van der Waals surface area (Å²) in [7, 11) is -4.72. The fourth-order valence-corrected chi connectivity index (χ4v) is 5.09. The summed E-state index contributed by atoms with van der Waals surface area (Å²) in [5.41, 5.74) is -5.88. The molecule has 1 aliphatic rings. The molecule has 0 spiro atoms. The number of halogens is 3. The summed E-state index contributed by atoms with van der Waals surface area (Å²) in [6.45, 7) is 2.96. The molecule has 13 nitrogen and oxygen atoms in total. The fraction of sp³-hybridized carbons (Fsp3) is 0.500. The van der Waals surface area contributed by atoms with Crippen LogP contribution in [0.1, 0.15) is 27.0 Å². The van der Waals surface area contributed by atoms with Gasteiger partial charge < -0.3 is 24.2 Å². The molecule has 1 fully saturated rings. The molecule has 39 heavy (non-hydrogen) atoms. The maximum atomic E-state index is 14.4. The van der Waals surface area contributed by atoms with Gasteiger partial charge in [0.25, 0.3) is 12.0 Å². The van der Waals surface area contributed by atoms with Gasteiger partial charge in [0, 0.05) is 0 Å². The maximum absolute atomic E-state index is 14.4. The van der Waals surface area contributed by atoms with Gasteiger partial charge >= 0.3 is 19.4 Å². The number of nitrogens with one attached hydrogen (secondary N) is 2. The van der Waals surface area contributed by atoms with Crippen molar-refractivity contribution in [2.75, 3.05) is 6.61 Å². The number of benzene rings is 1. The van der Waals surface area contributed by atoms with Crippen LogP contribution in [0.2, 0.25) is 0 Å². The van der Waals surface area contributed by atoms with Crippen molar-refractivity contribution in [2.45, 2.75) is 63.4 Å². The standard InChI is InChI=1S/C22H27F3N3O10P/c1-11(2)36-19(32)12(3)27-39(34,38-13-7-5-4-6-8-13)35-10-22(20(24)25)16(30)15(29)18(37-22)28-9-14(23)17(31)26-21(28)33/h4-9,11-12,15-16,18,20,29-30H,10H2,1-3H3,(H,27,34)(H,26,31,33)/t12-,15+,16-,18+,22+,39?/m0/s1. The first-order chi connectivity index (χ1) is 18.2. The number of ether oxygens (including phenoxy) is 2. The minimum atomic E-state index is -4.72. The quantitative estimate of drug-likeness (QED) is 0.220. The predicted molar refractivity (Wildman–Crippen MR) is 127 cm³/mol. The molecule has 1 aromatic heterocycles. The first kappa shape index (κ1) is 30.5. The van der Waals surface area contributed by atoms with Gasteiger partial charge in [-0.05, 0) is 32.9 Å². The summed E-state index contributed by atoms with van der Waals surface area (Å²) in [4.78, 5) is 37.3. The molecule has 1 unspecified atom stereocenters. The van der Waals surface area contributed by atoms with E-state index in [1.165, 1.54) is 31.2 Å². The smallest absolute Gasteiger partial charge is 0.459 e. The minimum absolute atomic E-state index is 0.0510. The number of hydrogen-bond acceptors (Lipinski definition) is 10. The highest BCUT2D eigenvalue weighted by Crippen LogP contribution is 2.49. The van der Waals surface area contributed by atoms with Crippen molar-refractivity contribution in [3.05, 3.63) is 63.2 Å². The van der Waals surface area contributed by atoms with Crippen molar-refractivity contribution < 1.29 is 51.3 Å². The lowest BCUT2D eigenvalue weighted by Crippen LogP contribution is -2.53. The first-order valence-corrected chi connectivity index (χ1v) is 13.0. The largest absolute Gasteiger partial charge is 0.462 e. The number of H-pyrrole nitrogens is 1. The van der Waals surface area contributed by atoms with E-state index in [4.69, 9.17) is 18.5 Å². The molecule has 0 bridgehead atoms. The van der Waals surface area contributed by atoms with Gasteiger partial charge in [0.05, 0.1) is 18.9 Å². The number of hydrogen-bond donors (Lipinski definition) is 4. The van der Waals surface area contributed by atoms with Crippen molar-refractivity contribution >= 4 is 13.7 Å². The molecular formula is C22H27F3N3O10P. The van der Waals surface area contributed by atoms with Gasteiger partial charge in [-0.1, -0.05) is 18.2 Å². The van der Waals surface area contributed by atoms with Crippen LogP contribution in [0.4, 0.5) is 13.2 Å². The van der Waals surface area contributed by atoms with Gasteiger partial charge in [-0.2, -0.15) is 9.48 Å². The van der Waals surface area contributed by atoms with E-state index in [0.29, 0.717) is 6.20 Å². The van der Waals surface area contributed by atoms with E-state index in [9.17, 15) is 42.3 Å². The summed E-state index contributed by atoms with van der Waals surface area (Å²) in [5.74, 6) is -2.43. The van der Waals surface area contributed by atoms with Gasteiger partial charge in [0.2, 0.25) is 5.82 Å². The Kier molecular flexibility index (Phi) is 9.41. The molecule has 0 radical (unpaired) electrons. The van der Waals surface area contributed by atoms with Crippen molar-refractivity contribution in [3.63, 3.8) is 0 Å². The lowest BCUT2D eigenvalue weighted by atomic mass is 9.96. The number of alkyl halides is 2. The Morgan fingerprint density at radius 3 is 2.46 bits per heavy atom. The highest BCUT2D eigenvalue weighted by atomic mass is 31.2. The second-order valence-electron chi connectivity index (χ2n) is 8.85. The molecule has 6 atom stereocenters. The summed E-state index contributed by atoms with van der Waals surface area (Å²) < 4.78 is 77.2. The molecule has 0 aliphatic carbocycles. The minimum Gasteiger partial charge on any atom is -0.462 e. The van der Waals surface area contributed by atoms with Crippen LogP contribution >= 0.6 is 7.75 Å². The number of rotatable bonds is 11. The van der Waals surface area contributed by atoms with E-state index >= 15 is 0 Å². The topological polar surface area (TPSA) is 178 Å². The third kappa shape index (κ3) is 6.77. The molecule has 1 aromatic carbocycles. The molecule has 3 rings (SSSR count). The maximum Gasteiger partial charge on any atom is 0.459 e. The van der Waals surface area contributed by atoms with E-state index in [1.54, 1.807) is 24.9 Å². The number of carbonyl (C=O) groups is 1. The molecular weight excluding hydrogens is 554 g/mol. The van der Waals surface area contributed by atoms with Crippen molar-refractivity contribution in [1.82, 2.24) is 14.6 Å². The Labute approximate surface area is 219 Å². The molecule has 0 amide bonds. The van der Waals surface area contributed by atoms with E-state index in [0.717, 1.165) is 0 Å². The van der Waals surface area contributed by atoms with Crippen LogP contribution in [-0.2, 0) is 23.4 Å². The Balaban J connectivity index is 1.92. The molecule has 2 heterocycles. The number of aliphatic hydroxyl groups excluding tert-OH is 2. The Morgan fingerprint density at radius 2 is 1.87 bits per heavy atom. The summed E-state index contributed by atoms with van der Waals surface area (Å²) in [6.07, 6.45) is -10.7. The van der Waals surface area contributed by atoms with Gasteiger partial charge in [0.15, 0.2) is 11.8 Å². The zero-order chi connectivity index (χ0) is 29.1. The lowest BCUT2D eigenvalue weighted by molar-refractivity contribution is -0.193. The number of aromatic nitrogens is 2. The molecule has 17 heteroatoms. The van der Waals surface area contributed by atoms with E-state index in [2.05, 4.69) is 5.09 Å². The molecule has 0 saturated carbocycles. The molecule has 1 saturated heterocycles. The number of esters is 1. The third-order valence-corrected chi connectivity index (χ3v) is 7.13. The van der Waals surface area contributed by atoms with E-state index in [1.807, 2.05) is 0 Å². The SMILES string of the molecule is CC(C)OC(=O)[C@H](C)NP(=O)(OC[C@@]1(C(F)F)O[C@@H](n2cc(F)c(=O)[nH]c2=O)[C@H](O)[C@@H]1O)Oc1ccccc1. The van der Waals surface area contributed by atoms with Crippen molar-refractivity contribution in [1.29, 1.82) is 0 Å². The Bertz CT molecular complexity index is 1320. The Morgan fingerprint density at radius 1 is 1.23 bits per heavy atom. The molecule has 4 N–H and O–H groups in total. The molecule has 216 valence electrons. The zero-order valence-electron chi connectivity index (χ0n) is 20.8. The summed E-state index contributed by atoms with van der Waals surface area (Å²) in [5, 5.41) is 23.2. The zero-order valence-corrected chi connectivity index (χ0v) is 21.7. The average molecular weight is 581 g/mol. The predicted octanol–water partition coefficient (Wildman–Crippen LogP) is 1.06. The van der Waals surface area contributed by atoms with Crippen LogP contribution in [0.3, 0.4) is 0 Å². The van der Waals surface area contributed by atoms with Gasteiger partial charge in [0.1, 0.15) is 24.0 Å². The van der Waals surface area contributed by atoms with Crippen LogP contribution in [0.5, 0.6) is 5.75 Å². The van der Waals surface area contributed by atoms with Gasteiger partial charge in [-0.25, -0.2) is 18.1 Å². The van der Waals surface area contributed by atoms with Crippen LogP contribution in [0.15, 0.2) is 46.1 Å². The van der Waals surface area contributed by atoms with Crippen LogP contribution in [0, 0.1) is 5.82 Å². The number of nitrogens with zero attached hydrogens (tertiary/aromatic N) is 1. The number of aliphatic hydroxyl groups is 2. The first-order valence-electron chi connectivity index (χ1n) is 11.5. The normalized spacial score (nSPS) is 25.4. The summed E-state index contributed by atoms with van der Waals surface area (Å²) >= 11 is 0. The van der Waals surface area contributed by atoms with Gasteiger partial charge in [-0.15, -0.1) is 0 Å². The molecule has 2 aromatic rings. The fourth-order valence-electron chi connectivity index (χ4n) is 3.56. The Hall–Kier alpha value is -3.01. The van der Waals surface area contributed by atoms with Gasteiger partial charge in [-0.3, -0.25) is 23.7 Å². The number of para-hydroxylation sites is 1. The summed E-state index contributed by atoms with van der Waals surface area (Å²) in [6, 6.07) is 5.99. The van der Waals surface area contributed by atoms with Crippen LogP contribution in [-0.4, -0.2) is 68.7 Å².